The summed E-state index contributed by atoms with van der Waals surface area (Å²) >= 11 is 6.21. The molecule has 0 radical (unpaired) electrons. The number of aryl methyl sites for hydroxylation is 1. The van der Waals surface area contributed by atoms with Crippen LogP contribution in [0.5, 0.6) is 5.88 Å². The number of ether oxygens (including phenoxy) is 1. The molecule has 0 amide bonds. The molecule has 0 saturated carbocycles. The summed E-state index contributed by atoms with van der Waals surface area (Å²) in [5.74, 6) is 0.491. The van der Waals surface area contributed by atoms with Gasteiger partial charge in [0.1, 0.15) is 11.1 Å². The van der Waals surface area contributed by atoms with Gasteiger partial charge in [0.2, 0.25) is 5.88 Å². The Bertz CT molecular complexity index is 615. The molecule has 2 aromatic rings. The first-order valence-corrected chi connectivity index (χ1v) is 7.24. The molecule has 1 heterocycles. The largest absolute Gasteiger partial charge is 0.468 e. The molecule has 3 rings (SSSR count). The molecule has 0 bridgehead atoms. The summed E-state index contributed by atoms with van der Waals surface area (Å²) in [4.78, 5) is 4.28. The molecule has 1 aliphatic rings. The zero-order valence-electron chi connectivity index (χ0n) is 11.2. The fourth-order valence-electron chi connectivity index (χ4n) is 2.63. The second-order valence-corrected chi connectivity index (χ2v) is 5.44. The van der Waals surface area contributed by atoms with Crippen LogP contribution in [-0.2, 0) is 13.0 Å². The molecule has 104 valence electrons. The van der Waals surface area contributed by atoms with Crippen molar-refractivity contribution in [3.63, 3.8) is 0 Å². The third kappa shape index (κ3) is 2.65. The number of halogens is 1. The second-order valence-electron chi connectivity index (χ2n) is 5.03. The average Bonchev–Trinajstić information content (AvgIpc) is 2.49. The predicted octanol–water partition coefficient (Wildman–Crippen LogP) is 3.65. The SMILES string of the molecule is NCc1cnc(OC2CCCc3ccccc32)c(Cl)c1. The van der Waals surface area contributed by atoms with Gasteiger partial charge in [-0.3, -0.25) is 0 Å². The monoisotopic (exact) mass is 288 g/mol. The van der Waals surface area contributed by atoms with Crippen molar-refractivity contribution in [2.45, 2.75) is 31.9 Å². The van der Waals surface area contributed by atoms with Crippen LogP contribution in [0.3, 0.4) is 0 Å². The number of rotatable bonds is 3. The molecule has 2 N–H and O–H groups in total. The van der Waals surface area contributed by atoms with Gasteiger partial charge < -0.3 is 10.5 Å². The molecule has 0 aliphatic heterocycles. The first-order chi connectivity index (χ1) is 9.78. The number of nitrogens with two attached hydrogens (primary N) is 1. The lowest BCUT2D eigenvalue weighted by Crippen LogP contribution is -2.16. The summed E-state index contributed by atoms with van der Waals surface area (Å²) in [7, 11) is 0. The standard InChI is InChI=1S/C16H17ClN2O/c17-14-8-11(9-18)10-19-16(14)20-15-7-3-5-12-4-1-2-6-13(12)15/h1-2,4,6,8,10,15H,3,5,7,9,18H2. The van der Waals surface area contributed by atoms with E-state index in [1.165, 1.54) is 11.1 Å². The van der Waals surface area contributed by atoms with Gasteiger partial charge in [-0.1, -0.05) is 35.9 Å². The summed E-state index contributed by atoms with van der Waals surface area (Å²) in [6, 6.07) is 10.2. The van der Waals surface area contributed by atoms with Gasteiger partial charge in [-0.2, -0.15) is 0 Å². The summed E-state index contributed by atoms with van der Waals surface area (Å²) < 4.78 is 6.03. The maximum Gasteiger partial charge on any atom is 0.233 e. The molecular weight excluding hydrogens is 272 g/mol. The molecule has 1 aliphatic carbocycles. The minimum atomic E-state index is 0.0358. The number of pyridine rings is 1. The van der Waals surface area contributed by atoms with E-state index in [0.29, 0.717) is 17.4 Å². The summed E-state index contributed by atoms with van der Waals surface area (Å²) in [6.45, 7) is 0.430. The fraction of sp³-hybridized carbons (Fsp3) is 0.312. The van der Waals surface area contributed by atoms with Crippen molar-refractivity contribution in [1.82, 2.24) is 4.98 Å². The van der Waals surface area contributed by atoms with Gasteiger partial charge in [-0.05, 0) is 42.0 Å². The van der Waals surface area contributed by atoms with E-state index in [1.807, 2.05) is 12.1 Å². The Morgan fingerprint density at radius 3 is 3.00 bits per heavy atom. The van der Waals surface area contributed by atoms with E-state index < -0.39 is 0 Å². The minimum Gasteiger partial charge on any atom is -0.468 e. The average molecular weight is 289 g/mol. The number of fused-ring (bicyclic) bond motifs is 1. The Balaban J connectivity index is 1.85. The van der Waals surface area contributed by atoms with Crippen molar-refractivity contribution in [3.8, 4) is 5.88 Å². The topological polar surface area (TPSA) is 48.1 Å². The highest BCUT2D eigenvalue weighted by Gasteiger charge is 2.22. The van der Waals surface area contributed by atoms with Crippen LogP contribution in [0.4, 0.5) is 0 Å². The van der Waals surface area contributed by atoms with E-state index in [2.05, 4.69) is 23.2 Å². The predicted molar refractivity (Wildman–Crippen MR) is 79.9 cm³/mol. The van der Waals surface area contributed by atoms with Crippen LogP contribution >= 0.6 is 11.6 Å². The van der Waals surface area contributed by atoms with E-state index in [1.54, 1.807) is 6.20 Å². The molecule has 1 unspecified atom stereocenters. The zero-order valence-corrected chi connectivity index (χ0v) is 11.9. The molecule has 0 saturated heterocycles. The zero-order chi connectivity index (χ0) is 13.9. The van der Waals surface area contributed by atoms with Crippen LogP contribution in [0.2, 0.25) is 5.02 Å². The minimum absolute atomic E-state index is 0.0358. The Kier molecular flexibility index (Phi) is 3.90. The van der Waals surface area contributed by atoms with Gasteiger partial charge in [-0.25, -0.2) is 4.98 Å². The molecular formula is C16H17ClN2O. The smallest absolute Gasteiger partial charge is 0.233 e. The molecule has 1 aromatic heterocycles. The highest BCUT2D eigenvalue weighted by Crippen LogP contribution is 2.35. The molecule has 0 spiro atoms. The van der Waals surface area contributed by atoms with Crippen LogP contribution in [0.15, 0.2) is 36.5 Å². The second kappa shape index (κ2) is 5.81. The molecule has 3 nitrogen and oxygen atoms in total. The van der Waals surface area contributed by atoms with Crippen LogP contribution in [0.1, 0.15) is 35.6 Å². The van der Waals surface area contributed by atoms with Crippen molar-refractivity contribution >= 4 is 11.6 Å². The van der Waals surface area contributed by atoms with Crippen molar-refractivity contribution in [2.75, 3.05) is 0 Å². The quantitative estimate of drug-likeness (QED) is 0.938. The third-order valence-electron chi connectivity index (χ3n) is 3.67. The lowest BCUT2D eigenvalue weighted by Gasteiger charge is -2.26. The number of aromatic nitrogens is 1. The van der Waals surface area contributed by atoms with Gasteiger partial charge in [0.15, 0.2) is 0 Å². The number of hydrogen-bond acceptors (Lipinski definition) is 3. The van der Waals surface area contributed by atoms with Crippen LogP contribution in [-0.4, -0.2) is 4.98 Å². The Labute approximate surface area is 123 Å². The van der Waals surface area contributed by atoms with Crippen LogP contribution in [0.25, 0.3) is 0 Å². The van der Waals surface area contributed by atoms with Crippen LogP contribution in [0, 0.1) is 0 Å². The maximum absolute atomic E-state index is 6.21. The maximum atomic E-state index is 6.21. The van der Waals surface area contributed by atoms with E-state index in [4.69, 9.17) is 22.1 Å². The van der Waals surface area contributed by atoms with Crippen molar-refractivity contribution in [3.05, 3.63) is 58.2 Å². The Morgan fingerprint density at radius 1 is 1.35 bits per heavy atom. The third-order valence-corrected chi connectivity index (χ3v) is 3.94. The first-order valence-electron chi connectivity index (χ1n) is 6.87. The normalized spacial score (nSPS) is 17.6. The first kappa shape index (κ1) is 13.4. The van der Waals surface area contributed by atoms with Gasteiger partial charge >= 0.3 is 0 Å². The van der Waals surface area contributed by atoms with E-state index >= 15 is 0 Å². The molecule has 1 aromatic carbocycles. The van der Waals surface area contributed by atoms with E-state index in [0.717, 1.165) is 24.8 Å². The Morgan fingerprint density at radius 2 is 2.20 bits per heavy atom. The highest BCUT2D eigenvalue weighted by molar-refractivity contribution is 6.31. The van der Waals surface area contributed by atoms with E-state index in [9.17, 15) is 0 Å². The van der Waals surface area contributed by atoms with E-state index in [-0.39, 0.29) is 6.10 Å². The number of hydrogen-bond donors (Lipinski definition) is 1. The van der Waals surface area contributed by atoms with Crippen molar-refractivity contribution < 1.29 is 4.74 Å². The summed E-state index contributed by atoms with van der Waals surface area (Å²) in [5, 5.41) is 0.524. The lowest BCUT2D eigenvalue weighted by atomic mass is 9.89. The fourth-order valence-corrected chi connectivity index (χ4v) is 2.86. The lowest BCUT2D eigenvalue weighted by molar-refractivity contribution is 0.176. The molecule has 0 fully saturated rings. The summed E-state index contributed by atoms with van der Waals surface area (Å²) in [5.41, 5.74) is 9.09. The molecule has 1 atom stereocenters. The van der Waals surface area contributed by atoms with Gasteiger partial charge in [-0.15, -0.1) is 0 Å². The molecule has 4 heteroatoms. The summed E-state index contributed by atoms with van der Waals surface area (Å²) in [6.07, 6.45) is 4.99. The van der Waals surface area contributed by atoms with Gasteiger partial charge in [0.25, 0.3) is 0 Å². The van der Waals surface area contributed by atoms with Gasteiger partial charge in [0, 0.05) is 12.7 Å². The highest BCUT2D eigenvalue weighted by atomic mass is 35.5. The Hall–Kier alpha value is -1.58. The number of benzene rings is 1. The van der Waals surface area contributed by atoms with Crippen molar-refractivity contribution in [1.29, 1.82) is 0 Å². The van der Waals surface area contributed by atoms with Crippen LogP contribution < -0.4 is 10.5 Å². The number of nitrogens with zero attached hydrogens (tertiary/aromatic N) is 1. The van der Waals surface area contributed by atoms with Gasteiger partial charge in [0.05, 0.1) is 0 Å². The molecule has 20 heavy (non-hydrogen) atoms. The van der Waals surface area contributed by atoms with Crippen molar-refractivity contribution in [2.24, 2.45) is 5.73 Å².